The molecule has 0 radical (unpaired) electrons. The van der Waals surface area contributed by atoms with Crippen LogP contribution in [0.15, 0.2) is 18.2 Å². The van der Waals surface area contributed by atoms with Crippen LogP contribution in [0.1, 0.15) is 17.2 Å². The number of esters is 1. The smallest absolute Gasteiger partial charge is 0.318 e. The first-order valence-electron chi connectivity index (χ1n) is 5.69. The molecule has 5 heteroatoms. The van der Waals surface area contributed by atoms with E-state index in [9.17, 15) is 9.18 Å². The number of benzene rings is 1. The van der Waals surface area contributed by atoms with Crippen molar-refractivity contribution in [1.82, 2.24) is 0 Å². The summed E-state index contributed by atoms with van der Waals surface area (Å²) in [7, 11) is 1.32. The highest BCUT2D eigenvalue weighted by Crippen LogP contribution is 2.40. The number of halogens is 1. The maximum absolute atomic E-state index is 13.2. The Kier molecular flexibility index (Phi) is 3.36. The number of aryl methyl sites for hydroxylation is 1. The van der Waals surface area contributed by atoms with E-state index in [4.69, 9.17) is 15.2 Å². The van der Waals surface area contributed by atoms with E-state index in [2.05, 4.69) is 0 Å². The second kappa shape index (κ2) is 4.66. The lowest BCUT2D eigenvalue weighted by molar-refractivity contribution is -0.188. The number of carbonyl (C=O) groups is 1. The van der Waals surface area contributed by atoms with Gasteiger partial charge in [0.05, 0.1) is 26.4 Å². The summed E-state index contributed by atoms with van der Waals surface area (Å²) in [5, 5.41) is 0. The van der Waals surface area contributed by atoms with Crippen molar-refractivity contribution in [2.45, 2.75) is 13.0 Å². The van der Waals surface area contributed by atoms with Crippen LogP contribution >= 0.6 is 0 Å². The monoisotopic (exact) mass is 253 g/mol. The van der Waals surface area contributed by atoms with Crippen molar-refractivity contribution < 1.29 is 18.7 Å². The van der Waals surface area contributed by atoms with E-state index in [1.165, 1.54) is 13.2 Å². The summed E-state index contributed by atoms with van der Waals surface area (Å²) in [5.41, 5.74) is 6.49. The predicted molar refractivity (Wildman–Crippen MR) is 63.3 cm³/mol. The molecular weight excluding hydrogens is 237 g/mol. The molecule has 1 aliphatic rings. The molecule has 0 amide bonds. The third-order valence-corrected chi connectivity index (χ3v) is 3.45. The molecule has 1 aromatic carbocycles. The van der Waals surface area contributed by atoms with Gasteiger partial charge in [-0.2, -0.15) is 0 Å². The minimum absolute atomic E-state index is 0.233. The Hall–Kier alpha value is -1.46. The van der Waals surface area contributed by atoms with Crippen LogP contribution < -0.4 is 5.73 Å². The molecule has 1 atom stereocenters. The molecule has 1 heterocycles. The molecule has 0 aromatic heterocycles. The molecule has 0 saturated carbocycles. The first-order valence-corrected chi connectivity index (χ1v) is 5.69. The third-order valence-electron chi connectivity index (χ3n) is 3.45. The number of carbonyl (C=O) groups excluding carboxylic acids is 1. The average Bonchev–Trinajstić information content (AvgIpc) is 2.30. The molecule has 98 valence electrons. The van der Waals surface area contributed by atoms with Gasteiger partial charge >= 0.3 is 5.97 Å². The Bertz CT molecular complexity index is 471. The minimum atomic E-state index is -0.848. The molecule has 1 aromatic rings. The van der Waals surface area contributed by atoms with Gasteiger partial charge in [0.1, 0.15) is 11.2 Å². The SMILES string of the molecule is COC(=O)C1(C(N)c2ccc(F)c(C)c2)COC1. The van der Waals surface area contributed by atoms with Gasteiger partial charge in [-0.25, -0.2) is 4.39 Å². The van der Waals surface area contributed by atoms with Crippen molar-refractivity contribution in [3.8, 4) is 0 Å². The van der Waals surface area contributed by atoms with E-state index < -0.39 is 11.5 Å². The minimum Gasteiger partial charge on any atom is -0.468 e. The third kappa shape index (κ3) is 1.89. The summed E-state index contributed by atoms with van der Waals surface area (Å²) in [6.07, 6.45) is 0. The van der Waals surface area contributed by atoms with Gasteiger partial charge in [0.15, 0.2) is 0 Å². The predicted octanol–water partition coefficient (Wildman–Crippen LogP) is 1.32. The van der Waals surface area contributed by atoms with Crippen molar-refractivity contribution >= 4 is 5.97 Å². The molecule has 2 N–H and O–H groups in total. The molecule has 4 nitrogen and oxygen atoms in total. The van der Waals surface area contributed by atoms with Gasteiger partial charge in [-0.3, -0.25) is 4.79 Å². The quantitative estimate of drug-likeness (QED) is 0.825. The number of methoxy groups -OCH3 is 1. The zero-order valence-corrected chi connectivity index (χ0v) is 10.4. The van der Waals surface area contributed by atoms with Crippen molar-refractivity contribution in [2.75, 3.05) is 20.3 Å². The fraction of sp³-hybridized carbons (Fsp3) is 0.462. The molecule has 2 rings (SSSR count). The lowest BCUT2D eigenvalue weighted by atomic mass is 9.75. The van der Waals surface area contributed by atoms with Crippen LogP contribution in [0.4, 0.5) is 4.39 Å². The van der Waals surface area contributed by atoms with Crippen LogP contribution in [0.5, 0.6) is 0 Å². The summed E-state index contributed by atoms with van der Waals surface area (Å²) < 4.78 is 23.1. The topological polar surface area (TPSA) is 61.5 Å². The second-order valence-corrected chi connectivity index (χ2v) is 4.63. The Balaban J connectivity index is 2.31. The number of nitrogens with two attached hydrogens (primary N) is 1. The molecule has 18 heavy (non-hydrogen) atoms. The number of hydrogen-bond acceptors (Lipinski definition) is 4. The van der Waals surface area contributed by atoms with Gasteiger partial charge in [-0.15, -0.1) is 0 Å². The second-order valence-electron chi connectivity index (χ2n) is 4.63. The summed E-state index contributed by atoms with van der Waals surface area (Å²) in [4.78, 5) is 11.8. The van der Waals surface area contributed by atoms with E-state index >= 15 is 0 Å². The largest absolute Gasteiger partial charge is 0.468 e. The van der Waals surface area contributed by atoms with Crippen LogP contribution in [0.25, 0.3) is 0 Å². The molecule has 1 unspecified atom stereocenters. The lowest BCUT2D eigenvalue weighted by Gasteiger charge is -2.42. The first-order chi connectivity index (χ1) is 8.51. The van der Waals surface area contributed by atoms with Crippen LogP contribution in [0, 0.1) is 18.2 Å². The van der Waals surface area contributed by atoms with E-state index in [0.717, 1.165) is 0 Å². The van der Waals surface area contributed by atoms with E-state index in [1.807, 2.05) is 0 Å². The highest BCUT2D eigenvalue weighted by atomic mass is 19.1. The lowest BCUT2D eigenvalue weighted by Crippen LogP contribution is -2.56. The Morgan fingerprint density at radius 2 is 2.22 bits per heavy atom. The van der Waals surface area contributed by atoms with Gasteiger partial charge in [0.2, 0.25) is 0 Å². The van der Waals surface area contributed by atoms with Gasteiger partial charge < -0.3 is 15.2 Å². The standard InChI is InChI=1S/C13H16FNO3/c1-8-5-9(3-4-10(8)14)11(15)13(6-18-7-13)12(16)17-2/h3-5,11H,6-7,15H2,1-2H3. The fourth-order valence-corrected chi connectivity index (χ4v) is 2.13. The number of hydrogen-bond donors (Lipinski definition) is 1. The summed E-state index contributed by atoms with van der Waals surface area (Å²) >= 11 is 0. The van der Waals surface area contributed by atoms with Gasteiger partial charge in [0, 0.05) is 0 Å². The highest BCUT2D eigenvalue weighted by Gasteiger charge is 2.52. The molecule has 0 spiro atoms. The van der Waals surface area contributed by atoms with Gasteiger partial charge in [-0.1, -0.05) is 12.1 Å². The summed E-state index contributed by atoms with van der Waals surface area (Å²) in [5.74, 6) is -0.675. The highest BCUT2D eigenvalue weighted by molar-refractivity contribution is 5.79. The van der Waals surface area contributed by atoms with Crippen LogP contribution in [0.2, 0.25) is 0 Å². The Morgan fingerprint density at radius 1 is 1.56 bits per heavy atom. The van der Waals surface area contributed by atoms with Crippen LogP contribution in [0.3, 0.4) is 0 Å². The summed E-state index contributed by atoms with van der Waals surface area (Å²) in [6.45, 7) is 2.13. The maximum Gasteiger partial charge on any atom is 0.318 e. The Labute approximate surface area is 105 Å². The van der Waals surface area contributed by atoms with Crippen molar-refractivity contribution in [2.24, 2.45) is 11.1 Å². The van der Waals surface area contributed by atoms with Crippen molar-refractivity contribution in [3.05, 3.63) is 35.1 Å². The molecule has 1 fully saturated rings. The normalized spacial score (nSPS) is 18.9. The molecular formula is C13H16FNO3. The molecule has 0 aliphatic carbocycles. The maximum atomic E-state index is 13.2. The van der Waals surface area contributed by atoms with Crippen molar-refractivity contribution in [3.63, 3.8) is 0 Å². The molecule has 1 saturated heterocycles. The Morgan fingerprint density at radius 3 is 2.67 bits per heavy atom. The van der Waals surface area contributed by atoms with E-state index in [0.29, 0.717) is 11.1 Å². The van der Waals surface area contributed by atoms with Gasteiger partial charge in [-0.05, 0) is 24.1 Å². The molecule has 1 aliphatic heterocycles. The van der Waals surface area contributed by atoms with Crippen LogP contribution in [-0.4, -0.2) is 26.3 Å². The van der Waals surface area contributed by atoms with Crippen molar-refractivity contribution in [1.29, 1.82) is 0 Å². The molecule has 0 bridgehead atoms. The van der Waals surface area contributed by atoms with Crippen LogP contribution in [-0.2, 0) is 14.3 Å². The number of ether oxygens (including phenoxy) is 2. The number of rotatable bonds is 3. The summed E-state index contributed by atoms with van der Waals surface area (Å²) in [6, 6.07) is 4.05. The zero-order valence-electron chi connectivity index (χ0n) is 10.4. The van der Waals surface area contributed by atoms with E-state index in [-0.39, 0.29) is 25.0 Å². The van der Waals surface area contributed by atoms with Gasteiger partial charge in [0.25, 0.3) is 0 Å². The fourth-order valence-electron chi connectivity index (χ4n) is 2.13. The van der Waals surface area contributed by atoms with E-state index in [1.54, 1.807) is 19.1 Å². The average molecular weight is 253 g/mol. The first kappa shape index (κ1) is 13.0. The zero-order chi connectivity index (χ0) is 13.3.